The third-order valence-corrected chi connectivity index (χ3v) is 3.49. The van der Waals surface area contributed by atoms with Gasteiger partial charge in [0.1, 0.15) is 0 Å². The second-order valence-electron chi connectivity index (χ2n) is 6.06. The molecule has 0 saturated carbocycles. The predicted octanol–water partition coefficient (Wildman–Crippen LogP) is 3.02. The van der Waals surface area contributed by atoms with Crippen LogP contribution in [0.2, 0.25) is 0 Å². The van der Waals surface area contributed by atoms with Gasteiger partial charge in [0.2, 0.25) is 11.8 Å². The van der Waals surface area contributed by atoms with Crippen molar-refractivity contribution in [2.24, 2.45) is 5.41 Å². The fraction of sp³-hybridized carbons (Fsp3) is 0.467. The molecule has 0 spiro atoms. The maximum absolute atomic E-state index is 11.9. The van der Waals surface area contributed by atoms with Gasteiger partial charge in [-0.1, -0.05) is 20.8 Å². The quantitative estimate of drug-likeness (QED) is 0.853. The lowest BCUT2D eigenvalue weighted by Gasteiger charge is -2.19. The molecule has 4 nitrogen and oxygen atoms in total. The van der Waals surface area contributed by atoms with Crippen molar-refractivity contribution in [3.8, 4) is 0 Å². The molecule has 0 aliphatic carbocycles. The second-order valence-corrected chi connectivity index (χ2v) is 6.67. The van der Waals surface area contributed by atoms with E-state index in [1.54, 1.807) is 17.0 Å². The number of nitrogens with zero attached hydrogens (tertiary/aromatic N) is 1. The molecule has 2 amide bonds. The van der Waals surface area contributed by atoms with Gasteiger partial charge in [-0.25, -0.2) is 0 Å². The molecule has 0 aromatic heterocycles. The Bertz CT molecular complexity index is 520. The van der Waals surface area contributed by atoms with Crippen LogP contribution in [0.4, 0.5) is 11.4 Å². The number of benzene rings is 1. The van der Waals surface area contributed by atoms with Gasteiger partial charge >= 0.3 is 0 Å². The monoisotopic (exact) mass is 294 g/mol. The van der Waals surface area contributed by atoms with Crippen molar-refractivity contribution < 1.29 is 9.59 Å². The minimum Gasteiger partial charge on any atom is -0.326 e. The van der Waals surface area contributed by atoms with Gasteiger partial charge in [0, 0.05) is 29.8 Å². The third-order valence-electron chi connectivity index (χ3n) is 3.20. The molecule has 1 aliphatic rings. The van der Waals surface area contributed by atoms with Gasteiger partial charge < -0.3 is 10.2 Å². The minimum atomic E-state index is -0.435. The van der Waals surface area contributed by atoms with E-state index < -0.39 is 5.41 Å². The van der Waals surface area contributed by atoms with E-state index in [-0.39, 0.29) is 17.2 Å². The Morgan fingerprint density at radius 3 is 2.35 bits per heavy atom. The largest absolute Gasteiger partial charge is 0.326 e. The first-order chi connectivity index (χ1) is 9.27. The molecule has 1 fully saturated rings. The summed E-state index contributed by atoms with van der Waals surface area (Å²) in [7, 11) is 0. The fourth-order valence-electron chi connectivity index (χ4n) is 1.96. The summed E-state index contributed by atoms with van der Waals surface area (Å²) in [5.41, 5.74) is 1.10. The van der Waals surface area contributed by atoms with Crippen LogP contribution in [-0.2, 0) is 9.59 Å². The smallest absolute Gasteiger partial charge is 0.229 e. The van der Waals surface area contributed by atoms with Crippen LogP contribution in [-0.4, -0.2) is 23.7 Å². The topological polar surface area (TPSA) is 49.4 Å². The molecule has 0 radical (unpaired) electrons. The standard InChI is InChI=1S/C15H19ClN2O2/c1-15(2,3)14(20)17-11-4-6-12(7-5-11)18-9-10(16)8-13(18)19/h4-7,10H,8-9H2,1-3H3,(H,17,20). The number of amides is 2. The summed E-state index contributed by atoms with van der Waals surface area (Å²) in [6.07, 6.45) is 0.379. The number of nitrogens with one attached hydrogen (secondary N) is 1. The van der Waals surface area contributed by atoms with Crippen molar-refractivity contribution in [2.45, 2.75) is 32.6 Å². The fourth-order valence-corrected chi connectivity index (χ4v) is 2.23. The van der Waals surface area contributed by atoms with Crippen LogP contribution in [0.25, 0.3) is 0 Å². The van der Waals surface area contributed by atoms with Gasteiger partial charge in [-0.15, -0.1) is 11.6 Å². The van der Waals surface area contributed by atoms with Crippen LogP contribution < -0.4 is 10.2 Å². The zero-order valence-corrected chi connectivity index (χ0v) is 12.7. The number of anilines is 2. The molecule has 1 heterocycles. The first-order valence-electron chi connectivity index (χ1n) is 6.63. The van der Waals surface area contributed by atoms with E-state index in [4.69, 9.17) is 11.6 Å². The average molecular weight is 295 g/mol. The number of rotatable bonds is 2. The van der Waals surface area contributed by atoms with Crippen molar-refractivity contribution in [1.82, 2.24) is 0 Å². The summed E-state index contributed by atoms with van der Waals surface area (Å²) >= 11 is 5.98. The minimum absolute atomic E-state index is 0.0384. The molecule has 1 atom stereocenters. The first kappa shape index (κ1) is 14.9. The summed E-state index contributed by atoms with van der Waals surface area (Å²) in [6, 6.07) is 7.25. The Hall–Kier alpha value is -1.55. The van der Waals surface area contributed by atoms with E-state index in [0.29, 0.717) is 13.0 Å². The number of hydrogen-bond acceptors (Lipinski definition) is 2. The summed E-state index contributed by atoms with van der Waals surface area (Å²) in [6.45, 7) is 6.12. The highest BCUT2D eigenvalue weighted by Crippen LogP contribution is 2.26. The van der Waals surface area contributed by atoms with Gasteiger partial charge in [0.15, 0.2) is 0 Å². The summed E-state index contributed by atoms with van der Waals surface area (Å²) < 4.78 is 0. The van der Waals surface area contributed by atoms with Crippen molar-refractivity contribution >= 4 is 34.8 Å². The maximum atomic E-state index is 11.9. The Kier molecular flexibility index (Phi) is 4.04. The molecular formula is C15H19ClN2O2. The molecule has 1 N–H and O–H groups in total. The lowest BCUT2D eigenvalue weighted by Crippen LogP contribution is -2.27. The van der Waals surface area contributed by atoms with Gasteiger partial charge in [0.25, 0.3) is 0 Å². The first-order valence-corrected chi connectivity index (χ1v) is 7.07. The molecule has 1 aliphatic heterocycles. The van der Waals surface area contributed by atoms with E-state index >= 15 is 0 Å². The summed E-state index contributed by atoms with van der Waals surface area (Å²) in [5, 5.41) is 2.73. The SMILES string of the molecule is CC(C)(C)C(=O)Nc1ccc(N2CC(Cl)CC2=O)cc1. The van der Waals surface area contributed by atoms with Crippen LogP contribution in [0.3, 0.4) is 0 Å². The van der Waals surface area contributed by atoms with Crippen LogP contribution in [0.1, 0.15) is 27.2 Å². The molecule has 1 aromatic carbocycles. The van der Waals surface area contributed by atoms with E-state index in [1.807, 2.05) is 32.9 Å². The molecule has 1 aromatic rings. The zero-order chi connectivity index (χ0) is 14.9. The van der Waals surface area contributed by atoms with Crippen LogP contribution in [0.5, 0.6) is 0 Å². The van der Waals surface area contributed by atoms with E-state index in [9.17, 15) is 9.59 Å². The molecule has 5 heteroatoms. The van der Waals surface area contributed by atoms with E-state index in [0.717, 1.165) is 11.4 Å². The van der Waals surface area contributed by atoms with E-state index in [2.05, 4.69) is 5.32 Å². The van der Waals surface area contributed by atoms with Gasteiger partial charge in [-0.05, 0) is 24.3 Å². The van der Waals surface area contributed by atoms with E-state index in [1.165, 1.54) is 0 Å². The van der Waals surface area contributed by atoms with Crippen molar-refractivity contribution in [3.63, 3.8) is 0 Å². The molecule has 1 saturated heterocycles. The zero-order valence-electron chi connectivity index (χ0n) is 11.9. The number of alkyl halides is 1. The highest BCUT2D eigenvalue weighted by Gasteiger charge is 2.29. The van der Waals surface area contributed by atoms with Crippen LogP contribution >= 0.6 is 11.6 Å². The Balaban J connectivity index is 2.07. The predicted molar refractivity (Wildman–Crippen MR) is 81.1 cm³/mol. The Morgan fingerprint density at radius 1 is 1.30 bits per heavy atom. The number of halogens is 1. The molecule has 2 rings (SSSR count). The summed E-state index contributed by atoms with van der Waals surface area (Å²) in [4.78, 5) is 25.3. The third kappa shape index (κ3) is 3.31. The Labute approximate surface area is 124 Å². The van der Waals surface area contributed by atoms with Crippen molar-refractivity contribution in [2.75, 3.05) is 16.8 Å². The molecule has 1 unspecified atom stereocenters. The highest BCUT2D eigenvalue weighted by atomic mass is 35.5. The number of hydrogen-bond donors (Lipinski definition) is 1. The Morgan fingerprint density at radius 2 is 1.90 bits per heavy atom. The molecule has 20 heavy (non-hydrogen) atoms. The maximum Gasteiger partial charge on any atom is 0.229 e. The van der Waals surface area contributed by atoms with Crippen molar-refractivity contribution in [3.05, 3.63) is 24.3 Å². The lowest BCUT2D eigenvalue weighted by atomic mass is 9.95. The van der Waals surface area contributed by atoms with Gasteiger partial charge in [-0.3, -0.25) is 9.59 Å². The molecule has 108 valence electrons. The molecular weight excluding hydrogens is 276 g/mol. The molecule has 0 bridgehead atoms. The van der Waals surface area contributed by atoms with Gasteiger partial charge in [-0.2, -0.15) is 0 Å². The summed E-state index contributed by atoms with van der Waals surface area (Å²) in [5.74, 6) is -0.000187. The number of carbonyl (C=O) groups is 2. The normalized spacial score (nSPS) is 19.3. The number of carbonyl (C=O) groups excluding carboxylic acids is 2. The average Bonchev–Trinajstić information content (AvgIpc) is 2.68. The lowest BCUT2D eigenvalue weighted by molar-refractivity contribution is -0.123. The second kappa shape index (κ2) is 5.44. The van der Waals surface area contributed by atoms with Gasteiger partial charge in [0.05, 0.1) is 5.38 Å². The highest BCUT2D eigenvalue weighted by molar-refractivity contribution is 6.24. The van der Waals surface area contributed by atoms with Crippen molar-refractivity contribution in [1.29, 1.82) is 0 Å². The van der Waals surface area contributed by atoms with Crippen LogP contribution in [0.15, 0.2) is 24.3 Å². The van der Waals surface area contributed by atoms with Crippen LogP contribution in [0, 0.1) is 5.41 Å².